The smallest absolute Gasteiger partial charge is 0.257 e. The Morgan fingerprint density at radius 2 is 1.41 bits per heavy atom. The van der Waals surface area contributed by atoms with Crippen molar-refractivity contribution in [1.82, 2.24) is 0 Å². The third kappa shape index (κ3) is 3.80. The van der Waals surface area contributed by atoms with Gasteiger partial charge < -0.3 is 5.32 Å². The van der Waals surface area contributed by atoms with Crippen molar-refractivity contribution in [2.45, 2.75) is 21.6 Å². The van der Waals surface area contributed by atoms with Crippen LogP contribution in [-0.4, -0.2) is 19.2 Å². The third-order valence-electron chi connectivity index (χ3n) is 2.96. The molecule has 2 rings (SSSR count). The summed E-state index contributed by atoms with van der Waals surface area (Å²) in [6.07, 6.45) is 0. The highest BCUT2D eigenvalue weighted by atomic mass is 35.5. The molecule has 0 aliphatic carbocycles. The van der Waals surface area contributed by atoms with E-state index in [4.69, 9.17) is 23.2 Å². The van der Waals surface area contributed by atoms with E-state index in [1.54, 1.807) is 24.3 Å². The third-order valence-corrected chi connectivity index (χ3v) is 5.14. The molecule has 0 fully saturated rings. The van der Waals surface area contributed by atoms with Crippen LogP contribution in [0.2, 0.25) is 0 Å². The zero-order chi connectivity index (χ0) is 16.3. The first-order valence-electron chi connectivity index (χ1n) is 6.31. The molecule has 0 heterocycles. The average molecular weight is 358 g/mol. The minimum absolute atomic E-state index is 0.141. The molecule has 0 aliphatic heterocycles. The first kappa shape index (κ1) is 16.8. The minimum atomic E-state index is -3.58. The summed E-state index contributed by atoms with van der Waals surface area (Å²) in [6.45, 7) is 1.88. The van der Waals surface area contributed by atoms with E-state index in [-0.39, 0.29) is 9.79 Å². The molecule has 0 aromatic heterocycles. The molecule has 2 aromatic carbocycles. The van der Waals surface area contributed by atoms with Crippen LogP contribution in [0.25, 0.3) is 0 Å². The molecule has 1 amide bonds. The average Bonchev–Trinajstić information content (AvgIpc) is 2.48. The molecule has 0 saturated carbocycles. The number of carbonyl (C=O) groups is 1. The number of benzene rings is 2. The van der Waals surface area contributed by atoms with E-state index in [1.807, 2.05) is 6.92 Å². The van der Waals surface area contributed by atoms with Gasteiger partial charge in [-0.1, -0.05) is 40.9 Å². The summed E-state index contributed by atoms with van der Waals surface area (Å²) < 4.78 is 24.9. The van der Waals surface area contributed by atoms with Gasteiger partial charge in [0.1, 0.15) is 0 Å². The van der Waals surface area contributed by atoms with Crippen molar-refractivity contribution in [3.8, 4) is 0 Å². The molecule has 4 nitrogen and oxygen atoms in total. The summed E-state index contributed by atoms with van der Waals surface area (Å²) >= 11 is 10.9. The van der Waals surface area contributed by atoms with Crippen LogP contribution in [0.4, 0.5) is 5.69 Å². The van der Waals surface area contributed by atoms with E-state index < -0.39 is 20.6 Å². The molecule has 0 spiro atoms. The van der Waals surface area contributed by atoms with Gasteiger partial charge in [-0.2, -0.15) is 0 Å². The van der Waals surface area contributed by atoms with Crippen molar-refractivity contribution >= 4 is 44.6 Å². The fourth-order valence-electron chi connectivity index (χ4n) is 1.77. The van der Waals surface area contributed by atoms with E-state index in [0.29, 0.717) is 5.69 Å². The predicted molar refractivity (Wildman–Crippen MR) is 87.2 cm³/mol. The van der Waals surface area contributed by atoms with E-state index in [1.165, 1.54) is 24.3 Å². The second-order valence-corrected chi connectivity index (χ2v) is 7.68. The number of rotatable bonds is 4. The van der Waals surface area contributed by atoms with Crippen LogP contribution >= 0.6 is 23.2 Å². The number of alkyl halides is 2. The molecule has 0 saturated heterocycles. The van der Waals surface area contributed by atoms with Gasteiger partial charge in [0.25, 0.3) is 5.91 Å². The molecule has 22 heavy (non-hydrogen) atoms. The first-order valence-corrected chi connectivity index (χ1v) is 8.67. The predicted octanol–water partition coefficient (Wildman–Crippen LogP) is 3.57. The number of hydrogen-bond donors (Lipinski definition) is 1. The molecule has 0 bridgehead atoms. The van der Waals surface area contributed by atoms with Gasteiger partial charge in [-0.15, -0.1) is 0 Å². The van der Waals surface area contributed by atoms with Gasteiger partial charge in [-0.05, 0) is 43.3 Å². The zero-order valence-electron chi connectivity index (χ0n) is 11.6. The largest absolute Gasteiger partial charge is 0.324 e. The molecule has 0 unspecified atom stereocenters. The van der Waals surface area contributed by atoms with Crippen molar-refractivity contribution in [3.05, 3.63) is 54.1 Å². The lowest BCUT2D eigenvalue weighted by atomic mass is 10.2. The van der Waals surface area contributed by atoms with Gasteiger partial charge in [0.15, 0.2) is 4.84 Å². The Balaban J connectivity index is 2.26. The van der Waals surface area contributed by atoms with Crippen LogP contribution in [0.15, 0.2) is 58.3 Å². The number of aryl methyl sites for hydroxylation is 1. The van der Waals surface area contributed by atoms with E-state index in [2.05, 4.69) is 5.32 Å². The van der Waals surface area contributed by atoms with Gasteiger partial charge in [-0.3, -0.25) is 4.79 Å². The van der Waals surface area contributed by atoms with Gasteiger partial charge >= 0.3 is 0 Å². The molecule has 7 heteroatoms. The standard InChI is InChI=1S/C15H13Cl2NO3S/c1-10-2-6-12(7-3-10)22(20,21)13-8-4-11(5-9-13)18-15(19)14(16)17/h2-9,14H,1H3,(H,18,19). The SMILES string of the molecule is Cc1ccc(S(=O)(=O)c2ccc(NC(=O)C(Cl)Cl)cc2)cc1. The van der Waals surface area contributed by atoms with E-state index in [9.17, 15) is 13.2 Å². The van der Waals surface area contributed by atoms with Gasteiger partial charge in [0.2, 0.25) is 9.84 Å². The highest BCUT2D eigenvalue weighted by Crippen LogP contribution is 2.23. The monoisotopic (exact) mass is 357 g/mol. The topological polar surface area (TPSA) is 63.2 Å². The molecule has 0 atom stereocenters. The Morgan fingerprint density at radius 3 is 1.86 bits per heavy atom. The van der Waals surface area contributed by atoms with Crippen molar-refractivity contribution in [2.75, 3.05) is 5.32 Å². The molecule has 1 N–H and O–H groups in total. The summed E-state index contributed by atoms with van der Waals surface area (Å²) in [5.41, 5.74) is 1.40. The number of carbonyl (C=O) groups excluding carboxylic acids is 1. The van der Waals surface area contributed by atoms with Crippen LogP contribution in [0, 0.1) is 6.92 Å². The summed E-state index contributed by atoms with van der Waals surface area (Å²) in [7, 11) is -3.58. The fourth-order valence-corrected chi connectivity index (χ4v) is 3.14. The Bertz CT molecular complexity index is 769. The second kappa shape index (κ2) is 6.69. The maximum absolute atomic E-state index is 12.5. The highest BCUT2D eigenvalue weighted by molar-refractivity contribution is 7.91. The maximum Gasteiger partial charge on any atom is 0.257 e. The number of hydrogen-bond acceptors (Lipinski definition) is 3. The summed E-state index contributed by atoms with van der Waals surface area (Å²) in [6, 6.07) is 12.4. The van der Waals surface area contributed by atoms with Crippen molar-refractivity contribution in [3.63, 3.8) is 0 Å². The number of halogens is 2. The molecule has 0 aliphatic rings. The summed E-state index contributed by atoms with van der Waals surface area (Å²) in [4.78, 5) is 10.5. The molecule has 0 radical (unpaired) electrons. The minimum Gasteiger partial charge on any atom is -0.324 e. The first-order chi connectivity index (χ1) is 10.3. The Kier molecular flexibility index (Phi) is 5.11. The van der Waals surface area contributed by atoms with Gasteiger partial charge in [-0.25, -0.2) is 8.42 Å². The maximum atomic E-state index is 12.5. The Morgan fingerprint density at radius 1 is 0.955 bits per heavy atom. The fraction of sp³-hybridized carbons (Fsp3) is 0.133. The summed E-state index contributed by atoms with van der Waals surface area (Å²) in [5.74, 6) is -0.572. The van der Waals surface area contributed by atoms with Crippen molar-refractivity contribution < 1.29 is 13.2 Å². The van der Waals surface area contributed by atoms with Crippen LogP contribution in [0.1, 0.15) is 5.56 Å². The molecule has 116 valence electrons. The van der Waals surface area contributed by atoms with Gasteiger partial charge in [0, 0.05) is 5.69 Å². The van der Waals surface area contributed by atoms with E-state index >= 15 is 0 Å². The van der Waals surface area contributed by atoms with Crippen LogP contribution in [0.3, 0.4) is 0 Å². The Hall–Kier alpha value is -1.56. The molecule has 2 aromatic rings. The normalized spacial score (nSPS) is 11.5. The number of nitrogens with one attached hydrogen (secondary N) is 1. The van der Waals surface area contributed by atoms with E-state index in [0.717, 1.165) is 5.56 Å². The lowest BCUT2D eigenvalue weighted by Crippen LogP contribution is -2.18. The number of sulfone groups is 1. The van der Waals surface area contributed by atoms with Crippen LogP contribution < -0.4 is 5.32 Å². The van der Waals surface area contributed by atoms with Crippen LogP contribution in [-0.2, 0) is 14.6 Å². The number of anilines is 1. The lowest BCUT2D eigenvalue weighted by molar-refractivity contribution is -0.114. The quantitative estimate of drug-likeness (QED) is 0.850. The van der Waals surface area contributed by atoms with Crippen molar-refractivity contribution in [1.29, 1.82) is 0 Å². The molecular formula is C15H13Cl2NO3S. The lowest BCUT2D eigenvalue weighted by Gasteiger charge is -2.08. The Labute approximate surface area is 139 Å². The zero-order valence-corrected chi connectivity index (χ0v) is 13.9. The van der Waals surface area contributed by atoms with Crippen LogP contribution in [0.5, 0.6) is 0 Å². The van der Waals surface area contributed by atoms with Gasteiger partial charge in [0.05, 0.1) is 9.79 Å². The summed E-state index contributed by atoms with van der Waals surface area (Å²) in [5, 5.41) is 2.47. The molecular weight excluding hydrogens is 345 g/mol. The second-order valence-electron chi connectivity index (χ2n) is 4.63. The highest BCUT2D eigenvalue weighted by Gasteiger charge is 2.18. The van der Waals surface area contributed by atoms with Crippen molar-refractivity contribution in [2.24, 2.45) is 0 Å². The number of amides is 1.